The lowest BCUT2D eigenvalue weighted by Crippen LogP contribution is -2.32. The molecule has 3 nitrogen and oxygen atoms in total. The zero-order valence-electron chi connectivity index (χ0n) is 10.6. The normalized spacial score (nSPS) is 19.8. The van der Waals surface area contributed by atoms with Crippen molar-refractivity contribution >= 4 is 5.91 Å². The highest BCUT2D eigenvalue weighted by molar-refractivity contribution is 5.76. The number of hydrogen-bond donors (Lipinski definition) is 1. The molecule has 1 aliphatic heterocycles. The lowest BCUT2D eigenvalue weighted by atomic mass is 10.0. The maximum absolute atomic E-state index is 11.9. The van der Waals surface area contributed by atoms with Gasteiger partial charge in [-0.05, 0) is 45.7 Å². The summed E-state index contributed by atoms with van der Waals surface area (Å²) in [5.74, 6) is 0.977. The fraction of sp³-hybridized carbons (Fsp3) is 0.769. The lowest BCUT2D eigenvalue weighted by Gasteiger charge is -2.21. The summed E-state index contributed by atoms with van der Waals surface area (Å²) in [5.41, 5.74) is 1.05. The molecule has 1 unspecified atom stereocenters. The van der Waals surface area contributed by atoms with Gasteiger partial charge >= 0.3 is 0 Å². The second kappa shape index (κ2) is 6.69. The number of nitrogens with one attached hydrogen (secondary N) is 1. The summed E-state index contributed by atoms with van der Waals surface area (Å²) >= 11 is 0. The largest absolute Gasteiger partial charge is 0.339 e. The Morgan fingerprint density at radius 2 is 2.31 bits per heavy atom. The maximum atomic E-state index is 11.9. The second-order valence-corrected chi connectivity index (χ2v) is 4.76. The van der Waals surface area contributed by atoms with Gasteiger partial charge in [0.1, 0.15) is 0 Å². The molecule has 1 N–H and O–H groups in total. The number of carbonyl (C=O) groups excluding carboxylic acids is 1. The molecular weight excluding hydrogens is 200 g/mol. The monoisotopic (exact) mass is 224 g/mol. The summed E-state index contributed by atoms with van der Waals surface area (Å²) in [5, 5.41) is 3.33. The van der Waals surface area contributed by atoms with Gasteiger partial charge in [-0.25, -0.2) is 0 Å². The van der Waals surface area contributed by atoms with E-state index >= 15 is 0 Å². The van der Waals surface area contributed by atoms with Crippen LogP contribution in [-0.4, -0.2) is 37.0 Å². The van der Waals surface area contributed by atoms with E-state index in [0.29, 0.717) is 18.9 Å². The topological polar surface area (TPSA) is 32.3 Å². The second-order valence-electron chi connectivity index (χ2n) is 4.76. The van der Waals surface area contributed by atoms with E-state index in [2.05, 4.69) is 11.9 Å². The molecule has 0 saturated carbocycles. The van der Waals surface area contributed by atoms with Gasteiger partial charge in [0.05, 0.1) is 0 Å². The first kappa shape index (κ1) is 13.2. The zero-order valence-corrected chi connectivity index (χ0v) is 10.6. The molecule has 16 heavy (non-hydrogen) atoms. The average Bonchev–Trinajstić information content (AvgIpc) is 2.75. The lowest BCUT2D eigenvalue weighted by molar-refractivity contribution is -0.130. The smallest absolute Gasteiger partial charge is 0.222 e. The fourth-order valence-corrected chi connectivity index (χ4v) is 2.15. The van der Waals surface area contributed by atoms with Crippen molar-refractivity contribution in [1.29, 1.82) is 0 Å². The summed E-state index contributed by atoms with van der Waals surface area (Å²) in [7, 11) is 0. The molecule has 1 atom stereocenters. The minimum atomic E-state index is 0.275. The van der Waals surface area contributed by atoms with Crippen molar-refractivity contribution in [2.75, 3.05) is 26.2 Å². The molecule has 1 rings (SSSR count). The Balaban J connectivity index is 2.28. The standard InChI is InChI=1S/C13H24N2O/c1-4-15(10-11(2)3)13(16)6-5-12-7-8-14-9-12/h12,14H,2,4-10H2,1,3H3. The zero-order chi connectivity index (χ0) is 12.0. The maximum Gasteiger partial charge on any atom is 0.222 e. The number of rotatable bonds is 6. The van der Waals surface area contributed by atoms with Crippen LogP contribution in [0.1, 0.15) is 33.1 Å². The van der Waals surface area contributed by atoms with Gasteiger partial charge in [0, 0.05) is 19.5 Å². The molecule has 1 amide bonds. The van der Waals surface area contributed by atoms with E-state index in [1.54, 1.807) is 0 Å². The molecule has 92 valence electrons. The molecule has 1 aliphatic rings. The van der Waals surface area contributed by atoms with Crippen LogP contribution >= 0.6 is 0 Å². The van der Waals surface area contributed by atoms with E-state index in [9.17, 15) is 4.79 Å². The highest BCUT2D eigenvalue weighted by atomic mass is 16.2. The molecule has 3 heteroatoms. The Morgan fingerprint density at radius 1 is 1.56 bits per heavy atom. The fourth-order valence-electron chi connectivity index (χ4n) is 2.15. The van der Waals surface area contributed by atoms with E-state index in [-0.39, 0.29) is 5.91 Å². The minimum Gasteiger partial charge on any atom is -0.339 e. The highest BCUT2D eigenvalue weighted by Gasteiger charge is 2.17. The molecule has 1 fully saturated rings. The summed E-state index contributed by atoms with van der Waals surface area (Å²) in [4.78, 5) is 13.8. The van der Waals surface area contributed by atoms with Crippen LogP contribution in [0.5, 0.6) is 0 Å². The molecule has 0 aromatic carbocycles. The number of likely N-dealkylation sites (N-methyl/N-ethyl adjacent to an activating group) is 1. The number of nitrogens with zero attached hydrogens (tertiary/aromatic N) is 1. The highest BCUT2D eigenvalue weighted by Crippen LogP contribution is 2.15. The van der Waals surface area contributed by atoms with Crippen molar-refractivity contribution in [2.24, 2.45) is 5.92 Å². The molecule has 0 aromatic rings. The first-order chi connectivity index (χ1) is 7.63. The third-order valence-corrected chi connectivity index (χ3v) is 3.12. The van der Waals surface area contributed by atoms with Crippen LogP contribution in [0.15, 0.2) is 12.2 Å². The van der Waals surface area contributed by atoms with Gasteiger partial charge in [-0.1, -0.05) is 12.2 Å². The minimum absolute atomic E-state index is 0.275. The molecule has 1 saturated heterocycles. The van der Waals surface area contributed by atoms with Gasteiger partial charge in [-0.2, -0.15) is 0 Å². The Kier molecular flexibility index (Phi) is 5.53. The Bertz CT molecular complexity index is 244. The number of hydrogen-bond acceptors (Lipinski definition) is 2. The Morgan fingerprint density at radius 3 is 2.81 bits per heavy atom. The average molecular weight is 224 g/mol. The number of amides is 1. The predicted octanol–water partition coefficient (Wildman–Crippen LogP) is 1.80. The number of carbonyl (C=O) groups is 1. The van der Waals surface area contributed by atoms with Crippen molar-refractivity contribution in [3.63, 3.8) is 0 Å². The van der Waals surface area contributed by atoms with E-state index in [1.165, 1.54) is 6.42 Å². The first-order valence-corrected chi connectivity index (χ1v) is 6.26. The van der Waals surface area contributed by atoms with Crippen molar-refractivity contribution in [1.82, 2.24) is 10.2 Å². The van der Waals surface area contributed by atoms with E-state index < -0.39 is 0 Å². The Labute approximate surface area is 98.9 Å². The van der Waals surface area contributed by atoms with Gasteiger partial charge in [0.15, 0.2) is 0 Å². The van der Waals surface area contributed by atoms with Crippen LogP contribution in [0.2, 0.25) is 0 Å². The third kappa shape index (κ3) is 4.35. The first-order valence-electron chi connectivity index (χ1n) is 6.26. The van der Waals surface area contributed by atoms with Crippen molar-refractivity contribution < 1.29 is 4.79 Å². The Hall–Kier alpha value is -0.830. The van der Waals surface area contributed by atoms with Gasteiger partial charge in [-0.15, -0.1) is 0 Å². The molecule has 0 aromatic heterocycles. The molecule has 0 spiro atoms. The van der Waals surface area contributed by atoms with Gasteiger partial charge in [0.2, 0.25) is 5.91 Å². The third-order valence-electron chi connectivity index (χ3n) is 3.12. The van der Waals surface area contributed by atoms with Gasteiger partial charge in [0.25, 0.3) is 0 Å². The SMILES string of the molecule is C=C(C)CN(CC)C(=O)CCC1CCNC1. The van der Waals surface area contributed by atoms with Crippen LogP contribution in [0.25, 0.3) is 0 Å². The van der Waals surface area contributed by atoms with Gasteiger partial charge < -0.3 is 10.2 Å². The summed E-state index contributed by atoms with van der Waals surface area (Å²) in [6.45, 7) is 11.5. The molecule has 0 bridgehead atoms. The molecule has 0 aliphatic carbocycles. The summed E-state index contributed by atoms with van der Waals surface area (Å²) in [6, 6.07) is 0. The van der Waals surface area contributed by atoms with Crippen molar-refractivity contribution in [3.8, 4) is 0 Å². The van der Waals surface area contributed by atoms with E-state index in [0.717, 1.165) is 31.6 Å². The van der Waals surface area contributed by atoms with Crippen LogP contribution < -0.4 is 5.32 Å². The van der Waals surface area contributed by atoms with Crippen molar-refractivity contribution in [2.45, 2.75) is 33.1 Å². The van der Waals surface area contributed by atoms with Crippen molar-refractivity contribution in [3.05, 3.63) is 12.2 Å². The van der Waals surface area contributed by atoms with E-state index in [4.69, 9.17) is 0 Å². The predicted molar refractivity (Wildman–Crippen MR) is 67.3 cm³/mol. The van der Waals surface area contributed by atoms with Crippen LogP contribution in [0.3, 0.4) is 0 Å². The van der Waals surface area contributed by atoms with Gasteiger partial charge in [-0.3, -0.25) is 4.79 Å². The quantitative estimate of drug-likeness (QED) is 0.698. The molecule has 0 radical (unpaired) electrons. The van der Waals surface area contributed by atoms with Crippen LogP contribution in [0.4, 0.5) is 0 Å². The van der Waals surface area contributed by atoms with E-state index in [1.807, 2.05) is 18.7 Å². The van der Waals surface area contributed by atoms with Crippen LogP contribution in [-0.2, 0) is 4.79 Å². The summed E-state index contributed by atoms with van der Waals surface area (Å²) in [6.07, 6.45) is 2.94. The summed E-state index contributed by atoms with van der Waals surface area (Å²) < 4.78 is 0. The molecule has 1 heterocycles. The van der Waals surface area contributed by atoms with Crippen LogP contribution in [0, 0.1) is 5.92 Å². The molecular formula is C13H24N2O.